The van der Waals surface area contributed by atoms with Crippen molar-refractivity contribution in [1.82, 2.24) is 0 Å². The number of hydrogen-bond acceptors (Lipinski definition) is 15. The van der Waals surface area contributed by atoms with Gasteiger partial charge < -0.3 is 33.8 Å². The van der Waals surface area contributed by atoms with E-state index in [0.29, 0.717) is 31.6 Å². The highest BCUT2D eigenvalue weighted by Gasteiger charge is 2.30. The minimum atomic E-state index is -4.96. The van der Waals surface area contributed by atoms with E-state index in [2.05, 4.69) is 41.5 Å². The zero-order valence-corrected chi connectivity index (χ0v) is 63.8. The van der Waals surface area contributed by atoms with E-state index in [0.717, 1.165) is 102 Å². The molecule has 0 heterocycles. The zero-order valence-electron chi connectivity index (χ0n) is 62.0. The Balaban J connectivity index is 5.23. The first-order valence-corrected chi connectivity index (χ1v) is 42.5. The first kappa shape index (κ1) is 93.1. The van der Waals surface area contributed by atoms with Crippen molar-refractivity contribution >= 4 is 39.5 Å². The summed E-state index contributed by atoms with van der Waals surface area (Å²) in [6, 6.07) is 0. The molecule has 0 aliphatic rings. The number of unbranched alkanes of at least 4 members (excludes halogenated alkanes) is 44. The summed E-state index contributed by atoms with van der Waals surface area (Å²) in [6.07, 6.45) is 55.6. The van der Waals surface area contributed by atoms with Gasteiger partial charge in [0.2, 0.25) is 0 Å². The van der Waals surface area contributed by atoms with Gasteiger partial charge in [-0.25, -0.2) is 9.13 Å². The predicted molar refractivity (Wildman–Crippen MR) is 386 cm³/mol. The van der Waals surface area contributed by atoms with E-state index in [1.807, 2.05) is 0 Å². The summed E-state index contributed by atoms with van der Waals surface area (Å²) in [5.74, 6) is -0.670. The Kier molecular flexibility index (Phi) is 66.5. The largest absolute Gasteiger partial charge is 0.472 e. The van der Waals surface area contributed by atoms with Gasteiger partial charge in [-0.3, -0.25) is 37.3 Å². The molecule has 19 heteroatoms. The Labute approximate surface area is 581 Å². The second-order valence-corrected chi connectivity index (χ2v) is 31.0. The Morgan fingerprint density at radius 1 is 0.305 bits per heavy atom. The van der Waals surface area contributed by atoms with Gasteiger partial charge in [0.25, 0.3) is 0 Å². The van der Waals surface area contributed by atoms with Gasteiger partial charge in [0, 0.05) is 25.7 Å². The van der Waals surface area contributed by atoms with Crippen LogP contribution in [0.1, 0.15) is 395 Å². The molecule has 0 rings (SSSR count). The monoisotopic (exact) mass is 1400 g/mol. The molecular formula is C76H148O17P2. The number of carbonyl (C=O) groups is 4. The molecule has 3 N–H and O–H groups in total. The van der Waals surface area contributed by atoms with Crippen molar-refractivity contribution in [2.75, 3.05) is 39.6 Å². The lowest BCUT2D eigenvalue weighted by Crippen LogP contribution is -2.30. The maximum atomic E-state index is 13.1. The van der Waals surface area contributed by atoms with Crippen molar-refractivity contribution in [3.63, 3.8) is 0 Å². The number of aliphatic hydroxyl groups excluding tert-OH is 1. The van der Waals surface area contributed by atoms with Crippen molar-refractivity contribution in [2.45, 2.75) is 413 Å². The van der Waals surface area contributed by atoms with Crippen LogP contribution in [0.4, 0.5) is 0 Å². The Morgan fingerprint density at radius 3 is 0.800 bits per heavy atom. The summed E-state index contributed by atoms with van der Waals surface area (Å²) in [7, 11) is -9.91. The Hall–Kier alpha value is -1.94. The zero-order chi connectivity index (χ0) is 70.0. The van der Waals surface area contributed by atoms with Crippen molar-refractivity contribution < 1.29 is 80.2 Å². The van der Waals surface area contributed by atoms with Crippen molar-refractivity contribution in [3.8, 4) is 0 Å². The normalized spacial score (nSPS) is 14.3. The van der Waals surface area contributed by atoms with Gasteiger partial charge >= 0.3 is 39.5 Å². The summed E-state index contributed by atoms with van der Waals surface area (Å²) < 4.78 is 68.5. The fourth-order valence-electron chi connectivity index (χ4n) is 11.6. The molecule has 0 bridgehead atoms. The molecule has 17 nitrogen and oxygen atoms in total. The van der Waals surface area contributed by atoms with Crippen LogP contribution in [-0.2, 0) is 65.4 Å². The van der Waals surface area contributed by atoms with Crippen LogP contribution in [0.5, 0.6) is 0 Å². The molecular weight excluding hydrogens is 1250 g/mol. The smallest absolute Gasteiger partial charge is 0.462 e. The standard InChI is InChI=1S/C76H148O17P2/c1-7-10-12-14-16-18-20-22-24-26-27-29-31-33-35-40-48-54-60-75(80)92-71(64-86-73(78)58-52-46-39-34-32-30-28-25-23-21-19-17-15-13-11-8-2)66-90-94(82,83)88-62-70(77)63-89-95(84,85)91-67-72(65-87-74(79)59-53-47-43-42-44-50-56-68(4)5)93-76(81)61-55-49-41-37-36-38-45-51-57-69(6)9-3/h68-72,77H,7-67H2,1-6H3,(H,82,83)(H,84,85)/t69?,70-,71-,72-/m1/s1. The minimum absolute atomic E-state index is 0.104. The van der Waals surface area contributed by atoms with Crippen LogP contribution in [-0.4, -0.2) is 96.7 Å². The summed E-state index contributed by atoms with van der Waals surface area (Å²) >= 11 is 0. The fraction of sp³-hybridized carbons (Fsp3) is 0.947. The molecule has 0 amide bonds. The number of aliphatic hydroxyl groups is 1. The maximum Gasteiger partial charge on any atom is 0.472 e. The highest BCUT2D eigenvalue weighted by atomic mass is 31.2. The molecule has 0 aromatic rings. The van der Waals surface area contributed by atoms with Gasteiger partial charge in [-0.2, -0.15) is 0 Å². The molecule has 0 saturated heterocycles. The van der Waals surface area contributed by atoms with E-state index in [-0.39, 0.29) is 25.7 Å². The first-order valence-electron chi connectivity index (χ1n) is 39.5. The average molecular weight is 1400 g/mol. The number of phosphoric acid groups is 2. The van der Waals surface area contributed by atoms with Gasteiger partial charge in [-0.15, -0.1) is 0 Å². The molecule has 0 fully saturated rings. The summed E-state index contributed by atoms with van der Waals surface area (Å²) in [6.45, 7) is 9.51. The molecule has 0 spiro atoms. The molecule has 0 saturated carbocycles. The molecule has 6 atom stereocenters. The van der Waals surface area contributed by atoms with Crippen LogP contribution >= 0.6 is 15.6 Å². The van der Waals surface area contributed by atoms with Crippen molar-refractivity contribution in [2.24, 2.45) is 11.8 Å². The second kappa shape index (κ2) is 67.9. The van der Waals surface area contributed by atoms with Gasteiger partial charge in [-0.1, -0.05) is 343 Å². The van der Waals surface area contributed by atoms with Gasteiger partial charge in [0.15, 0.2) is 12.2 Å². The lowest BCUT2D eigenvalue weighted by Gasteiger charge is -2.21. The third-order valence-electron chi connectivity index (χ3n) is 18.1. The first-order chi connectivity index (χ1) is 45.9. The topological polar surface area (TPSA) is 237 Å². The van der Waals surface area contributed by atoms with Crippen LogP contribution in [0.15, 0.2) is 0 Å². The SMILES string of the molecule is CCCCCCCCCCCCCCCCCCCCC(=O)O[C@H](COC(=O)CCCCCCCCCCCCCCCCCC)COP(=O)(O)OC[C@@H](O)COP(=O)(O)OC[C@@H](COC(=O)CCCCCCCCC(C)C)OC(=O)CCCCCCCCCCC(C)CC. The van der Waals surface area contributed by atoms with E-state index in [4.69, 9.17) is 37.0 Å². The van der Waals surface area contributed by atoms with Crippen LogP contribution in [0.25, 0.3) is 0 Å². The molecule has 564 valence electrons. The molecule has 0 aliphatic heterocycles. The van der Waals surface area contributed by atoms with Crippen molar-refractivity contribution in [1.29, 1.82) is 0 Å². The molecule has 95 heavy (non-hydrogen) atoms. The van der Waals surface area contributed by atoms with Crippen molar-refractivity contribution in [3.05, 3.63) is 0 Å². The summed E-state index contributed by atoms with van der Waals surface area (Å²) in [5.41, 5.74) is 0. The fourth-order valence-corrected chi connectivity index (χ4v) is 13.2. The van der Waals surface area contributed by atoms with E-state index in [1.165, 1.54) is 205 Å². The summed E-state index contributed by atoms with van der Waals surface area (Å²) in [5, 5.41) is 10.6. The van der Waals surface area contributed by atoms with Crippen LogP contribution in [0.3, 0.4) is 0 Å². The van der Waals surface area contributed by atoms with Gasteiger partial charge in [0.1, 0.15) is 19.3 Å². The molecule has 0 radical (unpaired) electrons. The maximum absolute atomic E-state index is 13.1. The van der Waals surface area contributed by atoms with E-state index in [1.54, 1.807) is 0 Å². The highest BCUT2D eigenvalue weighted by molar-refractivity contribution is 7.47. The Bertz CT molecular complexity index is 1840. The third kappa shape index (κ3) is 69.0. The quantitative estimate of drug-likeness (QED) is 0.0222. The lowest BCUT2D eigenvalue weighted by molar-refractivity contribution is -0.161. The van der Waals surface area contributed by atoms with E-state index >= 15 is 0 Å². The third-order valence-corrected chi connectivity index (χ3v) is 20.0. The van der Waals surface area contributed by atoms with Crippen LogP contribution in [0, 0.1) is 11.8 Å². The minimum Gasteiger partial charge on any atom is -0.462 e. The number of carbonyl (C=O) groups excluding carboxylic acids is 4. The number of rotatable bonds is 75. The summed E-state index contributed by atoms with van der Waals surface area (Å²) in [4.78, 5) is 72.8. The lowest BCUT2D eigenvalue weighted by atomic mass is 9.99. The molecule has 0 aliphatic carbocycles. The highest BCUT2D eigenvalue weighted by Crippen LogP contribution is 2.45. The van der Waals surface area contributed by atoms with Crippen LogP contribution < -0.4 is 0 Å². The van der Waals surface area contributed by atoms with E-state index < -0.39 is 97.5 Å². The number of esters is 4. The molecule has 0 aromatic heterocycles. The molecule has 0 aromatic carbocycles. The van der Waals surface area contributed by atoms with Gasteiger partial charge in [0.05, 0.1) is 26.4 Å². The number of ether oxygens (including phenoxy) is 4. The predicted octanol–water partition coefficient (Wildman–Crippen LogP) is 22.3. The Morgan fingerprint density at radius 2 is 0.537 bits per heavy atom. The van der Waals surface area contributed by atoms with Crippen LogP contribution in [0.2, 0.25) is 0 Å². The van der Waals surface area contributed by atoms with E-state index in [9.17, 15) is 43.2 Å². The number of phosphoric ester groups is 2. The number of hydrogen-bond donors (Lipinski definition) is 3. The second-order valence-electron chi connectivity index (χ2n) is 28.1. The van der Waals surface area contributed by atoms with Gasteiger partial charge in [-0.05, 0) is 37.5 Å². The average Bonchev–Trinajstić information content (AvgIpc) is 1.46. The molecule has 3 unspecified atom stereocenters.